The Bertz CT molecular complexity index is 71.3. The van der Waals surface area contributed by atoms with Crippen LogP contribution in [0.15, 0.2) is 12.2 Å². The molecule has 2 heteroatoms. The fourth-order valence-corrected chi connectivity index (χ4v) is 1.30. The van der Waals surface area contributed by atoms with Gasteiger partial charge in [-0.1, -0.05) is 12.2 Å². The molecular weight excluding hydrogens is 130 g/mol. The molecule has 0 saturated carbocycles. The standard InChI is InChI=1S/C7H15NS/c1-2-3-6-9-7-4-5-8/h2-3H,4-8H2,1H3/b3-2+. The Hall–Kier alpha value is 0.0500. The molecule has 0 radical (unpaired) electrons. The van der Waals surface area contributed by atoms with Crippen LogP contribution in [0.4, 0.5) is 0 Å². The maximum Gasteiger partial charge on any atom is 0.0113 e. The monoisotopic (exact) mass is 145 g/mol. The SMILES string of the molecule is C/C=C/CSCCCN. The fourth-order valence-electron chi connectivity index (χ4n) is 0.433. The lowest BCUT2D eigenvalue weighted by molar-refractivity contribution is 0.944. The minimum atomic E-state index is 0.822. The van der Waals surface area contributed by atoms with Gasteiger partial charge in [-0.25, -0.2) is 0 Å². The third-order valence-corrected chi connectivity index (χ3v) is 1.95. The van der Waals surface area contributed by atoms with Gasteiger partial charge in [0.1, 0.15) is 0 Å². The minimum Gasteiger partial charge on any atom is -0.330 e. The number of thioether (sulfide) groups is 1. The third-order valence-electron chi connectivity index (χ3n) is 0.943. The minimum absolute atomic E-state index is 0.822. The van der Waals surface area contributed by atoms with Crippen molar-refractivity contribution in [2.75, 3.05) is 18.1 Å². The highest BCUT2D eigenvalue weighted by Gasteiger charge is 1.82. The van der Waals surface area contributed by atoms with E-state index in [1.54, 1.807) is 0 Å². The average Bonchev–Trinajstić information content (AvgIpc) is 1.89. The van der Waals surface area contributed by atoms with Crippen molar-refractivity contribution in [3.8, 4) is 0 Å². The maximum absolute atomic E-state index is 5.31. The van der Waals surface area contributed by atoms with E-state index in [4.69, 9.17) is 5.73 Å². The Kier molecular flexibility index (Phi) is 8.09. The zero-order valence-corrected chi connectivity index (χ0v) is 6.79. The lowest BCUT2D eigenvalue weighted by Gasteiger charge is -1.93. The van der Waals surface area contributed by atoms with Crippen LogP contribution in [0.3, 0.4) is 0 Å². The van der Waals surface area contributed by atoms with E-state index in [2.05, 4.69) is 12.2 Å². The Morgan fingerprint density at radius 1 is 1.56 bits per heavy atom. The van der Waals surface area contributed by atoms with Crippen molar-refractivity contribution < 1.29 is 0 Å². The highest BCUT2D eigenvalue weighted by Crippen LogP contribution is 2.00. The highest BCUT2D eigenvalue weighted by atomic mass is 32.2. The number of nitrogens with two attached hydrogens (primary N) is 1. The summed E-state index contributed by atoms with van der Waals surface area (Å²) in [4.78, 5) is 0. The summed E-state index contributed by atoms with van der Waals surface area (Å²) in [7, 11) is 0. The van der Waals surface area contributed by atoms with Gasteiger partial charge in [0.15, 0.2) is 0 Å². The van der Waals surface area contributed by atoms with E-state index in [-0.39, 0.29) is 0 Å². The molecule has 0 fully saturated rings. The zero-order chi connectivity index (χ0) is 6.95. The Morgan fingerprint density at radius 2 is 2.33 bits per heavy atom. The molecule has 0 aromatic heterocycles. The van der Waals surface area contributed by atoms with Crippen LogP contribution in [-0.2, 0) is 0 Å². The maximum atomic E-state index is 5.31. The number of hydrogen-bond acceptors (Lipinski definition) is 2. The second-order valence-electron chi connectivity index (χ2n) is 1.79. The molecule has 0 saturated heterocycles. The summed E-state index contributed by atoms with van der Waals surface area (Å²) in [6.07, 6.45) is 5.39. The number of hydrogen-bond donors (Lipinski definition) is 1. The van der Waals surface area contributed by atoms with E-state index in [9.17, 15) is 0 Å². The molecule has 0 unspecified atom stereocenters. The van der Waals surface area contributed by atoms with Gasteiger partial charge in [0.25, 0.3) is 0 Å². The van der Waals surface area contributed by atoms with Crippen LogP contribution < -0.4 is 5.73 Å². The molecule has 0 bridgehead atoms. The smallest absolute Gasteiger partial charge is 0.0113 e. The fraction of sp³-hybridized carbons (Fsp3) is 0.714. The lowest BCUT2D eigenvalue weighted by atomic mass is 10.5. The van der Waals surface area contributed by atoms with Crippen molar-refractivity contribution in [3.05, 3.63) is 12.2 Å². The van der Waals surface area contributed by atoms with Crippen molar-refractivity contribution in [1.82, 2.24) is 0 Å². The second kappa shape index (κ2) is 8.05. The van der Waals surface area contributed by atoms with Gasteiger partial charge in [-0.05, 0) is 25.6 Å². The molecule has 2 N–H and O–H groups in total. The second-order valence-corrected chi connectivity index (χ2v) is 2.94. The third kappa shape index (κ3) is 8.05. The molecular formula is C7H15NS. The average molecular weight is 145 g/mol. The molecule has 0 aliphatic heterocycles. The summed E-state index contributed by atoms with van der Waals surface area (Å²) in [5.41, 5.74) is 5.31. The van der Waals surface area contributed by atoms with Crippen LogP contribution in [0.1, 0.15) is 13.3 Å². The van der Waals surface area contributed by atoms with E-state index in [1.165, 1.54) is 5.75 Å². The van der Waals surface area contributed by atoms with Gasteiger partial charge in [-0.15, -0.1) is 0 Å². The molecule has 9 heavy (non-hydrogen) atoms. The van der Waals surface area contributed by atoms with E-state index in [1.807, 2.05) is 18.7 Å². The first-order chi connectivity index (χ1) is 4.41. The predicted molar refractivity (Wildman–Crippen MR) is 45.8 cm³/mol. The van der Waals surface area contributed by atoms with Gasteiger partial charge in [0.05, 0.1) is 0 Å². The molecule has 54 valence electrons. The largest absolute Gasteiger partial charge is 0.330 e. The Labute approximate surface area is 61.7 Å². The van der Waals surface area contributed by atoms with Crippen LogP contribution in [0.2, 0.25) is 0 Å². The van der Waals surface area contributed by atoms with Crippen LogP contribution in [0.5, 0.6) is 0 Å². The van der Waals surface area contributed by atoms with Crippen LogP contribution >= 0.6 is 11.8 Å². The summed E-state index contributed by atoms with van der Waals surface area (Å²) in [5, 5.41) is 0. The Morgan fingerprint density at radius 3 is 2.89 bits per heavy atom. The molecule has 0 aromatic carbocycles. The molecule has 0 aliphatic carbocycles. The van der Waals surface area contributed by atoms with Crippen LogP contribution in [0, 0.1) is 0 Å². The Balaban J connectivity index is 2.75. The normalized spacial score (nSPS) is 10.9. The first kappa shape index (κ1) is 9.05. The molecule has 0 amide bonds. The molecule has 1 nitrogen and oxygen atoms in total. The van der Waals surface area contributed by atoms with E-state index in [0.29, 0.717) is 0 Å². The van der Waals surface area contributed by atoms with Crippen LogP contribution in [-0.4, -0.2) is 18.1 Å². The van der Waals surface area contributed by atoms with Crippen molar-refractivity contribution in [2.24, 2.45) is 5.73 Å². The molecule has 0 heterocycles. The van der Waals surface area contributed by atoms with Gasteiger partial charge in [-0.3, -0.25) is 0 Å². The molecule has 0 atom stereocenters. The van der Waals surface area contributed by atoms with Crippen molar-refractivity contribution >= 4 is 11.8 Å². The van der Waals surface area contributed by atoms with E-state index in [0.717, 1.165) is 18.7 Å². The quantitative estimate of drug-likeness (QED) is 0.470. The summed E-state index contributed by atoms with van der Waals surface area (Å²) in [6, 6.07) is 0. The number of rotatable bonds is 5. The highest BCUT2D eigenvalue weighted by molar-refractivity contribution is 7.99. The first-order valence-electron chi connectivity index (χ1n) is 3.30. The predicted octanol–water partition coefficient (Wildman–Crippen LogP) is 1.64. The van der Waals surface area contributed by atoms with Gasteiger partial charge >= 0.3 is 0 Å². The lowest BCUT2D eigenvalue weighted by Crippen LogP contribution is -1.99. The zero-order valence-electron chi connectivity index (χ0n) is 5.97. The van der Waals surface area contributed by atoms with Gasteiger partial charge in [-0.2, -0.15) is 11.8 Å². The molecule has 0 aromatic rings. The van der Waals surface area contributed by atoms with E-state index < -0.39 is 0 Å². The number of allylic oxidation sites excluding steroid dienone is 1. The first-order valence-corrected chi connectivity index (χ1v) is 4.46. The van der Waals surface area contributed by atoms with Gasteiger partial charge < -0.3 is 5.73 Å². The van der Waals surface area contributed by atoms with Crippen molar-refractivity contribution in [3.63, 3.8) is 0 Å². The topological polar surface area (TPSA) is 26.0 Å². The molecule has 0 aliphatic rings. The molecule has 0 spiro atoms. The summed E-state index contributed by atoms with van der Waals surface area (Å²) in [5.74, 6) is 2.33. The van der Waals surface area contributed by atoms with Crippen molar-refractivity contribution in [2.45, 2.75) is 13.3 Å². The summed E-state index contributed by atoms with van der Waals surface area (Å²) in [6.45, 7) is 2.87. The van der Waals surface area contributed by atoms with Gasteiger partial charge in [0, 0.05) is 5.75 Å². The van der Waals surface area contributed by atoms with Crippen molar-refractivity contribution in [1.29, 1.82) is 0 Å². The van der Waals surface area contributed by atoms with Gasteiger partial charge in [0.2, 0.25) is 0 Å². The molecule has 0 rings (SSSR count). The van der Waals surface area contributed by atoms with Crippen LogP contribution in [0.25, 0.3) is 0 Å². The summed E-state index contributed by atoms with van der Waals surface area (Å²) >= 11 is 1.94. The van der Waals surface area contributed by atoms with E-state index >= 15 is 0 Å². The summed E-state index contributed by atoms with van der Waals surface area (Å²) < 4.78 is 0.